The van der Waals surface area contributed by atoms with Gasteiger partial charge in [-0.25, -0.2) is 4.39 Å². The molecular formula is C26H28FN3O4S. The molecule has 1 atom stereocenters. The largest absolute Gasteiger partial charge is 0.370 e. The minimum absolute atomic E-state index is 0.0241. The Morgan fingerprint density at radius 3 is 2.31 bits per heavy atom. The number of anilines is 1. The molecule has 4 rings (SSSR count). The van der Waals surface area contributed by atoms with Gasteiger partial charge in [0.25, 0.3) is 5.91 Å². The van der Waals surface area contributed by atoms with Crippen molar-refractivity contribution in [3.63, 3.8) is 0 Å². The van der Waals surface area contributed by atoms with E-state index in [1.165, 1.54) is 26.2 Å². The minimum atomic E-state index is -3.91. The lowest BCUT2D eigenvalue weighted by Gasteiger charge is -2.33. The number of amides is 1. The van der Waals surface area contributed by atoms with Crippen LogP contribution in [0.4, 0.5) is 10.1 Å². The highest BCUT2D eigenvalue weighted by Gasteiger charge is 2.30. The molecule has 1 aliphatic rings. The predicted molar refractivity (Wildman–Crippen MR) is 133 cm³/mol. The van der Waals surface area contributed by atoms with E-state index in [0.717, 1.165) is 25.8 Å². The Morgan fingerprint density at radius 2 is 1.69 bits per heavy atom. The van der Waals surface area contributed by atoms with E-state index in [2.05, 4.69) is 0 Å². The summed E-state index contributed by atoms with van der Waals surface area (Å²) in [6.45, 7) is 1.02. The van der Waals surface area contributed by atoms with Crippen LogP contribution in [-0.2, 0) is 21.5 Å². The second-order valence-corrected chi connectivity index (χ2v) is 10.5. The Balaban J connectivity index is 1.59. The third-order valence-corrected chi connectivity index (χ3v) is 7.72. The van der Waals surface area contributed by atoms with Gasteiger partial charge in [-0.05, 0) is 29.3 Å². The van der Waals surface area contributed by atoms with E-state index in [-0.39, 0.29) is 23.9 Å². The van der Waals surface area contributed by atoms with Crippen LogP contribution in [0.3, 0.4) is 0 Å². The van der Waals surface area contributed by atoms with Gasteiger partial charge in [-0.3, -0.25) is 9.10 Å². The maximum atomic E-state index is 15.3. The van der Waals surface area contributed by atoms with Crippen LogP contribution in [0.25, 0.3) is 0 Å². The lowest BCUT2D eigenvalue weighted by Crippen LogP contribution is -2.42. The van der Waals surface area contributed by atoms with Crippen molar-refractivity contribution in [2.75, 3.05) is 38.1 Å². The highest BCUT2D eigenvalue weighted by atomic mass is 32.2. The van der Waals surface area contributed by atoms with E-state index in [9.17, 15) is 13.2 Å². The molecule has 1 saturated heterocycles. The van der Waals surface area contributed by atoms with Gasteiger partial charge in [-0.1, -0.05) is 60.7 Å². The van der Waals surface area contributed by atoms with Crippen molar-refractivity contribution in [3.8, 4) is 0 Å². The van der Waals surface area contributed by atoms with E-state index >= 15 is 4.39 Å². The summed E-state index contributed by atoms with van der Waals surface area (Å²) < 4.78 is 49.3. The molecule has 1 heterocycles. The number of hydrogen-bond donors (Lipinski definition) is 0. The average Bonchev–Trinajstić information content (AvgIpc) is 2.88. The van der Waals surface area contributed by atoms with Crippen LogP contribution >= 0.6 is 0 Å². The van der Waals surface area contributed by atoms with Crippen molar-refractivity contribution < 1.29 is 22.3 Å². The highest BCUT2D eigenvalue weighted by Crippen LogP contribution is 2.27. The first kappa shape index (κ1) is 24.8. The number of nitrogens with zero attached hydrogens (tertiary/aromatic N) is 3. The van der Waals surface area contributed by atoms with Gasteiger partial charge in [0.05, 0.1) is 30.9 Å². The van der Waals surface area contributed by atoms with Crippen LogP contribution in [-0.4, -0.2) is 57.3 Å². The number of halogens is 1. The molecule has 35 heavy (non-hydrogen) atoms. The van der Waals surface area contributed by atoms with Gasteiger partial charge in [0, 0.05) is 20.6 Å². The zero-order valence-corrected chi connectivity index (χ0v) is 20.5. The molecular weight excluding hydrogens is 469 g/mol. The lowest BCUT2D eigenvalue weighted by molar-refractivity contribution is -0.0229. The molecule has 3 aromatic carbocycles. The molecule has 0 aromatic heterocycles. The topological polar surface area (TPSA) is 70.2 Å². The van der Waals surface area contributed by atoms with Gasteiger partial charge >= 0.3 is 10.2 Å². The number of carbonyl (C=O) groups excluding carboxylic acids is 1. The Hall–Kier alpha value is -3.27. The van der Waals surface area contributed by atoms with Crippen LogP contribution in [0.1, 0.15) is 27.6 Å². The van der Waals surface area contributed by atoms with Crippen LogP contribution in [0.5, 0.6) is 0 Å². The number of benzene rings is 3. The summed E-state index contributed by atoms with van der Waals surface area (Å²) in [5, 5.41) is 0. The summed E-state index contributed by atoms with van der Waals surface area (Å²) in [5.74, 6) is -1.23. The predicted octanol–water partition coefficient (Wildman–Crippen LogP) is 3.85. The summed E-state index contributed by atoms with van der Waals surface area (Å²) in [6, 6.07) is 22.5. The summed E-state index contributed by atoms with van der Waals surface area (Å²) in [7, 11) is -1.07. The molecule has 0 aliphatic carbocycles. The summed E-state index contributed by atoms with van der Waals surface area (Å²) in [5.41, 5.74) is 1.73. The van der Waals surface area contributed by atoms with Crippen molar-refractivity contribution in [1.29, 1.82) is 0 Å². The monoisotopic (exact) mass is 497 g/mol. The molecule has 1 aliphatic heterocycles. The Morgan fingerprint density at radius 1 is 1.03 bits per heavy atom. The van der Waals surface area contributed by atoms with Crippen molar-refractivity contribution in [2.24, 2.45) is 0 Å². The van der Waals surface area contributed by atoms with Crippen LogP contribution in [0.15, 0.2) is 78.9 Å². The normalized spacial score (nSPS) is 16.3. The average molecular weight is 498 g/mol. The maximum Gasteiger partial charge on any atom is 0.303 e. The number of rotatable bonds is 7. The molecule has 0 saturated carbocycles. The first-order valence-electron chi connectivity index (χ1n) is 11.3. The molecule has 3 aromatic rings. The van der Waals surface area contributed by atoms with E-state index in [0.29, 0.717) is 19.7 Å². The van der Waals surface area contributed by atoms with Crippen molar-refractivity contribution >= 4 is 21.8 Å². The standard InChI is InChI=1S/C26H28FN3O4S/c1-28(2)35(32,33)30(18-20-9-5-3-6-10-20)22-13-14-23(24(27)17-22)26(31)29-15-16-34-25(19-29)21-11-7-4-8-12-21/h3-14,17,25H,15-16,18-19H2,1-2H3. The fraction of sp³-hybridized carbons (Fsp3) is 0.269. The zero-order chi connectivity index (χ0) is 25.0. The number of hydrogen-bond acceptors (Lipinski definition) is 4. The first-order chi connectivity index (χ1) is 16.8. The van der Waals surface area contributed by atoms with Gasteiger partial charge < -0.3 is 9.64 Å². The number of carbonyl (C=O) groups is 1. The van der Waals surface area contributed by atoms with E-state index in [1.54, 1.807) is 17.0 Å². The van der Waals surface area contributed by atoms with Gasteiger partial charge in [-0.15, -0.1) is 0 Å². The molecule has 0 spiro atoms. The molecule has 1 amide bonds. The fourth-order valence-corrected chi connectivity index (χ4v) is 5.04. The molecule has 0 bridgehead atoms. The first-order valence-corrected chi connectivity index (χ1v) is 12.7. The van der Waals surface area contributed by atoms with Crippen molar-refractivity contribution in [1.82, 2.24) is 9.21 Å². The molecule has 0 radical (unpaired) electrons. The summed E-state index contributed by atoms with van der Waals surface area (Å²) in [6.07, 6.45) is -0.289. The van der Waals surface area contributed by atoms with Crippen molar-refractivity contribution in [2.45, 2.75) is 12.6 Å². The van der Waals surface area contributed by atoms with Crippen LogP contribution in [0.2, 0.25) is 0 Å². The molecule has 1 fully saturated rings. The molecule has 1 unspecified atom stereocenters. The lowest BCUT2D eigenvalue weighted by atomic mass is 10.1. The SMILES string of the molecule is CN(C)S(=O)(=O)N(Cc1ccccc1)c1ccc(C(=O)N2CCOC(c3ccccc3)C2)c(F)c1. The smallest absolute Gasteiger partial charge is 0.303 e. The highest BCUT2D eigenvalue weighted by molar-refractivity contribution is 7.90. The van der Waals surface area contributed by atoms with Gasteiger partial charge in [0.2, 0.25) is 0 Å². The Labute approximate surface area is 205 Å². The maximum absolute atomic E-state index is 15.3. The molecule has 9 heteroatoms. The van der Waals surface area contributed by atoms with Gasteiger partial charge in [0.15, 0.2) is 0 Å². The van der Waals surface area contributed by atoms with Crippen LogP contribution in [0, 0.1) is 5.82 Å². The van der Waals surface area contributed by atoms with E-state index in [1.807, 2.05) is 48.5 Å². The third kappa shape index (κ3) is 5.53. The van der Waals surface area contributed by atoms with E-state index < -0.39 is 21.9 Å². The van der Waals surface area contributed by atoms with Gasteiger partial charge in [-0.2, -0.15) is 12.7 Å². The summed E-state index contributed by atoms with van der Waals surface area (Å²) in [4.78, 5) is 14.7. The Bertz CT molecular complexity index is 1270. The molecule has 7 nitrogen and oxygen atoms in total. The fourth-order valence-electron chi connectivity index (χ4n) is 3.96. The van der Waals surface area contributed by atoms with Crippen molar-refractivity contribution in [3.05, 3.63) is 101 Å². The summed E-state index contributed by atoms with van der Waals surface area (Å²) >= 11 is 0. The third-order valence-electron chi connectivity index (χ3n) is 5.91. The molecule has 0 N–H and O–H groups in total. The second-order valence-electron chi connectivity index (χ2n) is 8.47. The quantitative estimate of drug-likeness (QED) is 0.497. The number of ether oxygens (including phenoxy) is 1. The Kier molecular flexibility index (Phi) is 7.49. The van der Waals surface area contributed by atoms with Gasteiger partial charge in [0.1, 0.15) is 11.9 Å². The van der Waals surface area contributed by atoms with E-state index in [4.69, 9.17) is 4.74 Å². The number of morpholine rings is 1. The minimum Gasteiger partial charge on any atom is -0.370 e. The zero-order valence-electron chi connectivity index (χ0n) is 19.7. The molecule has 184 valence electrons. The second kappa shape index (κ2) is 10.6. The van der Waals surface area contributed by atoms with Crippen LogP contribution < -0.4 is 4.31 Å².